The Bertz CT molecular complexity index is 979. The first-order chi connectivity index (χ1) is 15.5. The number of carboxylic acids is 2. The van der Waals surface area contributed by atoms with Crippen molar-refractivity contribution in [1.82, 2.24) is 9.80 Å². The Kier molecular flexibility index (Phi) is 8.88. The Balaban J connectivity index is 0.000000569. The van der Waals surface area contributed by atoms with Crippen LogP contribution in [0.1, 0.15) is 16.7 Å². The number of nitro groups is 1. The summed E-state index contributed by atoms with van der Waals surface area (Å²) in [7, 11) is 0. The average Bonchev–Trinajstić information content (AvgIpc) is 2.75. The van der Waals surface area contributed by atoms with Gasteiger partial charge in [0.2, 0.25) is 0 Å². The number of hydrogen-bond donors (Lipinski definition) is 2. The average molecular weight is 469 g/mol. The highest BCUT2D eigenvalue weighted by Gasteiger charge is 2.33. The number of halogens is 3. The maximum Gasteiger partial charge on any atom is 0.416 e. The fourth-order valence-corrected chi connectivity index (χ4v) is 3.34. The van der Waals surface area contributed by atoms with Gasteiger partial charge in [-0.15, -0.1) is 0 Å². The SMILES string of the molecule is O=C(O)C(=O)O.O=[N+]([O-])c1ccccc1CN1CCN(Cc2ccccc2C(F)(F)F)CC1. The number of alkyl halides is 3. The predicted octanol–water partition coefficient (Wildman–Crippen LogP) is 3.09. The third-order valence-electron chi connectivity index (χ3n) is 4.95. The molecule has 1 fully saturated rings. The van der Waals surface area contributed by atoms with Crippen LogP contribution in [0.25, 0.3) is 0 Å². The van der Waals surface area contributed by atoms with E-state index in [-0.39, 0.29) is 22.7 Å². The molecular formula is C21H22F3N3O6. The van der Waals surface area contributed by atoms with Crippen molar-refractivity contribution in [3.05, 3.63) is 75.3 Å². The predicted molar refractivity (Wildman–Crippen MR) is 110 cm³/mol. The molecule has 178 valence electrons. The lowest BCUT2D eigenvalue weighted by atomic mass is 10.1. The number of rotatable bonds is 5. The number of aliphatic carboxylic acids is 2. The van der Waals surface area contributed by atoms with Gasteiger partial charge >= 0.3 is 18.1 Å². The third-order valence-corrected chi connectivity index (χ3v) is 4.95. The highest BCUT2D eigenvalue weighted by molar-refractivity contribution is 6.27. The van der Waals surface area contributed by atoms with Crippen molar-refractivity contribution in [3.63, 3.8) is 0 Å². The fourth-order valence-electron chi connectivity index (χ4n) is 3.34. The Morgan fingerprint density at radius 3 is 1.73 bits per heavy atom. The van der Waals surface area contributed by atoms with Crippen molar-refractivity contribution < 1.29 is 37.9 Å². The van der Waals surface area contributed by atoms with Crippen molar-refractivity contribution >= 4 is 17.6 Å². The van der Waals surface area contributed by atoms with Gasteiger partial charge in [-0.3, -0.25) is 19.9 Å². The summed E-state index contributed by atoms with van der Waals surface area (Å²) in [6.45, 7) is 3.25. The van der Waals surface area contributed by atoms with Gasteiger partial charge in [-0.2, -0.15) is 13.2 Å². The number of benzene rings is 2. The van der Waals surface area contributed by atoms with Crippen LogP contribution in [0.3, 0.4) is 0 Å². The van der Waals surface area contributed by atoms with E-state index in [1.807, 2.05) is 4.90 Å². The molecule has 0 aliphatic carbocycles. The minimum Gasteiger partial charge on any atom is -0.473 e. The molecule has 0 amide bonds. The quantitative estimate of drug-likeness (QED) is 0.389. The molecule has 9 nitrogen and oxygen atoms in total. The van der Waals surface area contributed by atoms with Crippen LogP contribution in [0.2, 0.25) is 0 Å². The summed E-state index contributed by atoms with van der Waals surface area (Å²) in [6, 6.07) is 12.3. The maximum absolute atomic E-state index is 13.1. The minimum absolute atomic E-state index is 0.0963. The molecule has 0 saturated carbocycles. The molecule has 2 aromatic carbocycles. The van der Waals surface area contributed by atoms with Crippen molar-refractivity contribution in [2.75, 3.05) is 26.2 Å². The van der Waals surface area contributed by atoms with E-state index in [4.69, 9.17) is 19.8 Å². The molecule has 0 aromatic heterocycles. The smallest absolute Gasteiger partial charge is 0.416 e. The maximum atomic E-state index is 13.1. The zero-order chi connectivity index (χ0) is 24.6. The van der Waals surface area contributed by atoms with Gasteiger partial charge < -0.3 is 10.2 Å². The molecule has 1 aliphatic rings. The monoisotopic (exact) mass is 469 g/mol. The molecule has 2 aromatic rings. The molecule has 0 atom stereocenters. The molecule has 12 heteroatoms. The lowest BCUT2D eigenvalue weighted by Gasteiger charge is -2.35. The van der Waals surface area contributed by atoms with Crippen LogP contribution in [0, 0.1) is 10.1 Å². The van der Waals surface area contributed by atoms with Crippen LogP contribution in [0.5, 0.6) is 0 Å². The van der Waals surface area contributed by atoms with Crippen LogP contribution < -0.4 is 0 Å². The first kappa shape index (κ1) is 25.7. The number of nitro benzene ring substituents is 1. The van der Waals surface area contributed by atoms with E-state index >= 15 is 0 Å². The van der Waals surface area contributed by atoms with Crippen LogP contribution in [-0.4, -0.2) is 63.1 Å². The summed E-state index contributed by atoms with van der Waals surface area (Å²) < 4.78 is 39.4. The zero-order valence-electron chi connectivity index (χ0n) is 17.4. The lowest BCUT2D eigenvalue weighted by Crippen LogP contribution is -2.45. The Labute approximate surface area is 186 Å². The van der Waals surface area contributed by atoms with Crippen LogP contribution in [-0.2, 0) is 28.9 Å². The highest BCUT2D eigenvalue weighted by Crippen LogP contribution is 2.32. The van der Waals surface area contributed by atoms with Gasteiger partial charge in [-0.05, 0) is 11.6 Å². The highest BCUT2D eigenvalue weighted by atomic mass is 19.4. The molecule has 0 unspecified atom stereocenters. The van der Waals surface area contributed by atoms with E-state index in [0.29, 0.717) is 38.3 Å². The molecule has 1 aliphatic heterocycles. The Morgan fingerprint density at radius 2 is 1.27 bits per heavy atom. The molecule has 3 rings (SSSR count). The lowest BCUT2D eigenvalue weighted by molar-refractivity contribution is -0.385. The van der Waals surface area contributed by atoms with E-state index in [1.54, 1.807) is 24.3 Å². The summed E-state index contributed by atoms with van der Waals surface area (Å²) in [4.78, 5) is 33.0. The van der Waals surface area contributed by atoms with E-state index in [0.717, 1.165) is 6.07 Å². The standard InChI is InChI=1S/C19H20F3N3O2.C2H2O4/c20-19(21,22)17-7-3-1-5-15(17)13-23-9-11-24(12-10-23)14-16-6-2-4-8-18(16)25(26)27;3-1(4)2(5)6/h1-8H,9-14H2;(H,3,4)(H,5,6). The molecular weight excluding hydrogens is 447 g/mol. The Hall–Kier alpha value is -3.51. The molecule has 33 heavy (non-hydrogen) atoms. The van der Waals surface area contributed by atoms with Gasteiger partial charge in [0.05, 0.1) is 10.5 Å². The number of piperazine rings is 1. The second kappa shape index (κ2) is 11.4. The van der Waals surface area contributed by atoms with Crippen molar-refractivity contribution in [2.24, 2.45) is 0 Å². The van der Waals surface area contributed by atoms with E-state index in [1.165, 1.54) is 18.2 Å². The molecule has 1 saturated heterocycles. The molecule has 0 bridgehead atoms. The summed E-state index contributed by atoms with van der Waals surface area (Å²) in [5.74, 6) is -3.65. The first-order valence-electron chi connectivity index (χ1n) is 9.77. The van der Waals surface area contributed by atoms with Gasteiger partial charge in [0.15, 0.2) is 0 Å². The topological polar surface area (TPSA) is 124 Å². The Morgan fingerprint density at radius 1 is 0.848 bits per heavy atom. The first-order valence-corrected chi connectivity index (χ1v) is 9.77. The van der Waals surface area contributed by atoms with E-state index < -0.39 is 23.7 Å². The molecule has 1 heterocycles. The van der Waals surface area contributed by atoms with Crippen molar-refractivity contribution in [2.45, 2.75) is 19.3 Å². The third kappa shape index (κ3) is 7.84. The fraction of sp³-hybridized carbons (Fsp3) is 0.333. The van der Waals surface area contributed by atoms with Gasteiger partial charge in [-0.25, -0.2) is 9.59 Å². The largest absolute Gasteiger partial charge is 0.473 e. The van der Waals surface area contributed by atoms with Gasteiger partial charge in [0.1, 0.15) is 0 Å². The van der Waals surface area contributed by atoms with Gasteiger partial charge in [0, 0.05) is 50.9 Å². The number of carboxylic acid groups (broad SMARTS) is 2. The second-order valence-corrected chi connectivity index (χ2v) is 7.20. The molecule has 0 radical (unpaired) electrons. The number of hydrogen-bond acceptors (Lipinski definition) is 6. The van der Waals surface area contributed by atoms with Crippen molar-refractivity contribution in [1.29, 1.82) is 0 Å². The molecule has 0 spiro atoms. The zero-order valence-corrected chi connectivity index (χ0v) is 17.4. The van der Waals surface area contributed by atoms with E-state index in [2.05, 4.69) is 4.90 Å². The minimum atomic E-state index is -4.36. The van der Waals surface area contributed by atoms with Crippen LogP contribution in [0.15, 0.2) is 48.5 Å². The van der Waals surface area contributed by atoms with Crippen LogP contribution >= 0.6 is 0 Å². The second-order valence-electron chi connectivity index (χ2n) is 7.20. The summed E-state index contributed by atoms with van der Waals surface area (Å²) in [5, 5.41) is 25.9. The van der Waals surface area contributed by atoms with Gasteiger partial charge in [-0.1, -0.05) is 36.4 Å². The summed E-state index contributed by atoms with van der Waals surface area (Å²) in [6.07, 6.45) is -4.36. The van der Waals surface area contributed by atoms with Crippen molar-refractivity contribution in [3.8, 4) is 0 Å². The number of para-hydroxylation sites is 1. The van der Waals surface area contributed by atoms with Gasteiger partial charge in [0.25, 0.3) is 5.69 Å². The summed E-state index contributed by atoms with van der Waals surface area (Å²) >= 11 is 0. The number of carbonyl (C=O) groups is 2. The normalized spacial score (nSPS) is 14.8. The van der Waals surface area contributed by atoms with E-state index in [9.17, 15) is 23.3 Å². The number of nitrogens with zero attached hydrogens (tertiary/aromatic N) is 3. The summed E-state index contributed by atoms with van der Waals surface area (Å²) in [5.41, 5.74) is 0.432. The van der Waals surface area contributed by atoms with Crippen LogP contribution in [0.4, 0.5) is 18.9 Å². The molecule has 2 N–H and O–H groups in total.